The van der Waals surface area contributed by atoms with Crippen LogP contribution in [-0.2, 0) is 9.53 Å². The first-order valence-corrected chi connectivity index (χ1v) is 6.28. The van der Waals surface area contributed by atoms with Crippen molar-refractivity contribution in [2.75, 3.05) is 13.2 Å². The van der Waals surface area contributed by atoms with Gasteiger partial charge in [-0.05, 0) is 6.92 Å². The van der Waals surface area contributed by atoms with E-state index >= 15 is 0 Å². The lowest BCUT2D eigenvalue weighted by Crippen LogP contribution is -2.39. The van der Waals surface area contributed by atoms with E-state index in [-0.39, 0.29) is 18.2 Å². The lowest BCUT2D eigenvalue weighted by molar-refractivity contribution is -0.143. The Bertz CT molecular complexity index is 428. The van der Waals surface area contributed by atoms with Crippen LogP contribution in [0.3, 0.4) is 0 Å². The summed E-state index contributed by atoms with van der Waals surface area (Å²) in [6.45, 7) is 6.10. The van der Waals surface area contributed by atoms with Crippen molar-refractivity contribution in [2.45, 2.75) is 19.4 Å². The molecule has 0 amide bonds. The molecule has 1 unspecified atom stereocenters. The van der Waals surface area contributed by atoms with Gasteiger partial charge in [0.25, 0.3) is 0 Å². The summed E-state index contributed by atoms with van der Waals surface area (Å²) in [6.07, 6.45) is 1.67. The zero-order valence-corrected chi connectivity index (χ0v) is 11.1. The van der Waals surface area contributed by atoms with E-state index in [9.17, 15) is 9.59 Å². The zero-order valence-electron chi connectivity index (χ0n) is 11.1. The molecule has 1 N–H and O–H groups in total. The van der Waals surface area contributed by atoms with Crippen LogP contribution in [0.1, 0.15) is 23.7 Å². The summed E-state index contributed by atoms with van der Waals surface area (Å²) in [5, 5.41) is 2.99. The van der Waals surface area contributed by atoms with E-state index in [1.165, 1.54) is 0 Å². The number of hydrogen-bond acceptors (Lipinski definition) is 4. The van der Waals surface area contributed by atoms with Crippen molar-refractivity contribution < 1.29 is 14.3 Å². The Hall–Kier alpha value is -1.94. The second-order valence-corrected chi connectivity index (χ2v) is 3.99. The van der Waals surface area contributed by atoms with Crippen molar-refractivity contribution in [1.82, 2.24) is 5.32 Å². The maximum Gasteiger partial charge on any atom is 0.307 e. The van der Waals surface area contributed by atoms with E-state index in [0.29, 0.717) is 18.7 Å². The van der Waals surface area contributed by atoms with Gasteiger partial charge in [-0.2, -0.15) is 0 Å². The number of ketones is 1. The minimum Gasteiger partial charge on any atom is -0.466 e. The van der Waals surface area contributed by atoms with Crippen LogP contribution in [0.15, 0.2) is 43.0 Å². The Balaban J connectivity index is 2.75. The topological polar surface area (TPSA) is 55.4 Å². The Morgan fingerprint density at radius 2 is 2.05 bits per heavy atom. The fourth-order valence-electron chi connectivity index (χ4n) is 1.67. The van der Waals surface area contributed by atoms with Gasteiger partial charge in [0.15, 0.2) is 5.78 Å². The van der Waals surface area contributed by atoms with Crippen LogP contribution in [0.5, 0.6) is 0 Å². The smallest absolute Gasteiger partial charge is 0.307 e. The summed E-state index contributed by atoms with van der Waals surface area (Å²) >= 11 is 0. The maximum atomic E-state index is 12.3. The van der Waals surface area contributed by atoms with Gasteiger partial charge in [0, 0.05) is 12.1 Å². The molecule has 1 aromatic carbocycles. The first kappa shape index (κ1) is 15.1. The zero-order chi connectivity index (χ0) is 14.1. The average molecular weight is 261 g/mol. The molecule has 4 nitrogen and oxygen atoms in total. The summed E-state index contributed by atoms with van der Waals surface area (Å²) in [5.41, 5.74) is 0.577. The van der Waals surface area contributed by atoms with Gasteiger partial charge in [0.1, 0.15) is 0 Å². The molecular weight excluding hydrogens is 242 g/mol. The molecule has 0 saturated heterocycles. The molecule has 0 fully saturated rings. The number of carbonyl (C=O) groups is 2. The number of nitrogens with one attached hydrogen (secondary N) is 1. The van der Waals surface area contributed by atoms with Gasteiger partial charge in [-0.1, -0.05) is 36.4 Å². The first-order valence-electron chi connectivity index (χ1n) is 6.28. The van der Waals surface area contributed by atoms with Crippen LogP contribution in [0.25, 0.3) is 0 Å². The number of carbonyl (C=O) groups excluding carboxylic acids is 2. The predicted octanol–water partition coefficient (Wildman–Crippen LogP) is 1.97. The molecule has 0 radical (unpaired) electrons. The highest BCUT2D eigenvalue weighted by molar-refractivity contribution is 6.01. The fourth-order valence-corrected chi connectivity index (χ4v) is 1.67. The van der Waals surface area contributed by atoms with Crippen LogP contribution in [0.2, 0.25) is 0 Å². The van der Waals surface area contributed by atoms with E-state index in [2.05, 4.69) is 11.9 Å². The van der Waals surface area contributed by atoms with E-state index in [4.69, 9.17) is 4.74 Å². The third-order valence-corrected chi connectivity index (χ3v) is 2.56. The average Bonchev–Trinajstić information content (AvgIpc) is 2.44. The van der Waals surface area contributed by atoms with E-state index < -0.39 is 6.04 Å². The molecule has 0 heterocycles. The van der Waals surface area contributed by atoms with Gasteiger partial charge in [0.05, 0.1) is 19.1 Å². The minimum atomic E-state index is -0.584. The van der Waals surface area contributed by atoms with Crippen LogP contribution in [0.4, 0.5) is 0 Å². The van der Waals surface area contributed by atoms with Crippen LogP contribution >= 0.6 is 0 Å². The highest BCUT2D eigenvalue weighted by Gasteiger charge is 2.22. The Kier molecular flexibility index (Phi) is 6.53. The molecule has 0 saturated carbocycles. The standard InChI is InChI=1S/C15H19NO3/c1-3-10-16-13(11-14(17)19-4-2)15(18)12-8-6-5-7-9-12/h3,5-9,13,16H,1,4,10-11H2,2H3. The summed E-state index contributed by atoms with van der Waals surface area (Å²) in [7, 11) is 0. The third-order valence-electron chi connectivity index (χ3n) is 2.56. The molecule has 0 spiro atoms. The first-order chi connectivity index (χ1) is 9.19. The minimum absolute atomic E-state index is 0.0232. The number of rotatable bonds is 8. The number of benzene rings is 1. The summed E-state index contributed by atoms with van der Waals surface area (Å²) in [6, 6.07) is 8.31. The highest BCUT2D eigenvalue weighted by atomic mass is 16.5. The van der Waals surface area contributed by atoms with Gasteiger partial charge < -0.3 is 10.1 Å². The molecule has 4 heteroatoms. The Labute approximate surface area is 113 Å². The quantitative estimate of drug-likeness (QED) is 0.441. The van der Waals surface area contributed by atoms with Crippen LogP contribution in [-0.4, -0.2) is 30.9 Å². The van der Waals surface area contributed by atoms with Crippen molar-refractivity contribution in [3.05, 3.63) is 48.6 Å². The molecule has 1 rings (SSSR count). The van der Waals surface area contributed by atoms with Crippen molar-refractivity contribution in [3.8, 4) is 0 Å². The third kappa shape index (κ3) is 5.06. The lowest BCUT2D eigenvalue weighted by atomic mass is 10.0. The number of ether oxygens (including phenoxy) is 1. The molecule has 19 heavy (non-hydrogen) atoms. The van der Waals surface area contributed by atoms with E-state index in [1.807, 2.05) is 6.07 Å². The van der Waals surface area contributed by atoms with Crippen molar-refractivity contribution in [3.63, 3.8) is 0 Å². The molecule has 1 atom stereocenters. The molecular formula is C15H19NO3. The van der Waals surface area contributed by atoms with Gasteiger partial charge in [-0.25, -0.2) is 0 Å². The number of Topliss-reactive ketones (excluding diaryl/α,β-unsaturated/α-hetero) is 1. The van der Waals surface area contributed by atoms with Crippen LogP contribution < -0.4 is 5.32 Å². The summed E-state index contributed by atoms with van der Waals surface area (Å²) in [4.78, 5) is 23.8. The molecule has 0 aromatic heterocycles. The highest BCUT2D eigenvalue weighted by Crippen LogP contribution is 2.07. The SMILES string of the molecule is C=CCNC(CC(=O)OCC)C(=O)c1ccccc1. The van der Waals surface area contributed by atoms with Crippen LogP contribution in [0, 0.1) is 0 Å². The second kappa shape index (κ2) is 8.21. The second-order valence-electron chi connectivity index (χ2n) is 3.99. The van der Waals surface area contributed by atoms with Crippen molar-refractivity contribution in [1.29, 1.82) is 0 Å². The molecule has 0 aliphatic carbocycles. The molecule has 1 aromatic rings. The number of hydrogen-bond donors (Lipinski definition) is 1. The predicted molar refractivity (Wildman–Crippen MR) is 74.0 cm³/mol. The van der Waals surface area contributed by atoms with Crippen molar-refractivity contribution >= 4 is 11.8 Å². The normalized spacial score (nSPS) is 11.6. The van der Waals surface area contributed by atoms with E-state index in [1.54, 1.807) is 37.3 Å². The fraction of sp³-hybridized carbons (Fsp3) is 0.333. The summed E-state index contributed by atoms with van der Waals surface area (Å²) < 4.78 is 4.88. The van der Waals surface area contributed by atoms with Crippen molar-refractivity contribution in [2.24, 2.45) is 0 Å². The Morgan fingerprint density at radius 1 is 1.37 bits per heavy atom. The monoisotopic (exact) mass is 261 g/mol. The van der Waals surface area contributed by atoms with Gasteiger partial charge in [-0.15, -0.1) is 6.58 Å². The maximum absolute atomic E-state index is 12.3. The van der Waals surface area contributed by atoms with E-state index in [0.717, 1.165) is 0 Å². The summed E-state index contributed by atoms with van der Waals surface area (Å²) in [5.74, 6) is -0.496. The molecule has 0 bridgehead atoms. The molecule has 0 aliphatic rings. The molecule has 102 valence electrons. The Morgan fingerprint density at radius 3 is 2.63 bits per heavy atom. The number of esters is 1. The largest absolute Gasteiger partial charge is 0.466 e. The van der Waals surface area contributed by atoms with Gasteiger partial charge in [-0.3, -0.25) is 9.59 Å². The molecule has 0 aliphatic heterocycles. The van der Waals surface area contributed by atoms with Gasteiger partial charge >= 0.3 is 5.97 Å². The lowest BCUT2D eigenvalue weighted by Gasteiger charge is -2.16. The van der Waals surface area contributed by atoms with Gasteiger partial charge in [0.2, 0.25) is 0 Å².